The molecule has 3 nitrogen and oxygen atoms in total. The maximum absolute atomic E-state index is 4.51. The third-order valence-corrected chi connectivity index (χ3v) is 3.93. The Kier molecular flexibility index (Phi) is 4.44. The fourth-order valence-corrected chi connectivity index (χ4v) is 2.72. The van der Waals surface area contributed by atoms with Gasteiger partial charge in [-0.2, -0.15) is 0 Å². The monoisotopic (exact) mass is 253 g/mol. The van der Waals surface area contributed by atoms with Gasteiger partial charge in [-0.3, -0.25) is 0 Å². The Hall–Kier alpha value is -0.780. The lowest BCUT2D eigenvalue weighted by atomic mass is 10.3. The molecule has 86 valence electrons. The van der Waals surface area contributed by atoms with Crippen LogP contribution in [0.15, 0.2) is 16.3 Å². The first kappa shape index (κ1) is 11.7. The summed E-state index contributed by atoms with van der Waals surface area (Å²) >= 11 is 3.39. The molecule has 16 heavy (non-hydrogen) atoms. The Bertz CT molecular complexity index is 409. The smallest absolute Gasteiger partial charge is 0.0926 e. The van der Waals surface area contributed by atoms with Crippen molar-refractivity contribution in [3.8, 4) is 0 Å². The highest BCUT2D eigenvalue weighted by Gasteiger charge is 2.00. The van der Waals surface area contributed by atoms with E-state index in [1.54, 1.807) is 22.7 Å². The summed E-state index contributed by atoms with van der Waals surface area (Å²) in [4.78, 5) is 8.75. The van der Waals surface area contributed by atoms with Gasteiger partial charge in [0.2, 0.25) is 0 Å². The van der Waals surface area contributed by atoms with E-state index in [2.05, 4.69) is 33.0 Å². The molecule has 0 atom stereocenters. The van der Waals surface area contributed by atoms with Crippen LogP contribution in [0.2, 0.25) is 0 Å². The fraction of sp³-hybridized carbons (Fsp3) is 0.455. The summed E-state index contributed by atoms with van der Waals surface area (Å²) < 4.78 is 0. The average molecular weight is 253 g/mol. The Morgan fingerprint density at radius 1 is 1.31 bits per heavy atom. The van der Waals surface area contributed by atoms with Gasteiger partial charge in [-0.25, -0.2) is 9.97 Å². The number of nitrogens with one attached hydrogen (secondary N) is 1. The van der Waals surface area contributed by atoms with Gasteiger partial charge in [-0.1, -0.05) is 6.92 Å². The van der Waals surface area contributed by atoms with Crippen LogP contribution in [0.5, 0.6) is 0 Å². The number of nitrogens with zero attached hydrogens (tertiary/aromatic N) is 2. The van der Waals surface area contributed by atoms with Crippen LogP contribution in [0, 0.1) is 0 Å². The minimum Gasteiger partial charge on any atom is -0.311 e. The predicted octanol–water partition coefficient (Wildman–Crippen LogP) is 2.49. The predicted molar refractivity (Wildman–Crippen MR) is 69.0 cm³/mol. The van der Waals surface area contributed by atoms with Crippen LogP contribution in [-0.4, -0.2) is 16.5 Å². The van der Waals surface area contributed by atoms with Crippen LogP contribution in [-0.2, 0) is 19.4 Å². The minimum absolute atomic E-state index is 0.862. The van der Waals surface area contributed by atoms with E-state index in [4.69, 9.17) is 0 Å². The first-order valence-electron chi connectivity index (χ1n) is 5.39. The van der Waals surface area contributed by atoms with Gasteiger partial charge >= 0.3 is 0 Å². The zero-order valence-electron chi connectivity index (χ0n) is 9.27. The van der Waals surface area contributed by atoms with Crippen LogP contribution in [0.1, 0.15) is 23.3 Å². The van der Waals surface area contributed by atoms with E-state index in [0.717, 1.165) is 31.6 Å². The second-order valence-electron chi connectivity index (χ2n) is 3.49. The standard InChI is InChI=1S/C11H15N3S2/c1-2-11-14-10(7-16-11)5-12-4-3-9-6-15-8-13-9/h6-8,12H,2-5H2,1H3. The topological polar surface area (TPSA) is 37.8 Å². The number of aromatic nitrogens is 2. The van der Waals surface area contributed by atoms with Crippen molar-refractivity contribution in [2.45, 2.75) is 26.3 Å². The maximum atomic E-state index is 4.51. The van der Waals surface area contributed by atoms with Gasteiger partial charge in [0.1, 0.15) is 0 Å². The maximum Gasteiger partial charge on any atom is 0.0926 e. The summed E-state index contributed by atoms with van der Waals surface area (Å²) in [6, 6.07) is 0. The molecule has 0 unspecified atom stereocenters. The third kappa shape index (κ3) is 3.37. The lowest BCUT2D eigenvalue weighted by molar-refractivity contribution is 0.671. The third-order valence-electron chi connectivity index (χ3n) is 2.25. The molecule has 0 aromatic carbocycles. The van der Waals surface area contributed by atoms with Crippen LogP contribution < -0.4 is 5.32 Å². The molecular weight excluding hydrogens is 238 g/mol. The molecule has 0 spiro atoms. The van der Waals surface area contributed by atoms with E-state index < -0.39 is 0 Å². The van der Waals surface area contributed by atoms with Crippen molar-refractivity contribution in [2.24, 2.45) is 0 Å². The van der Waals surface area contributed by atoms with E-state index in [-0.39, 0.29) is 0 Å². The fourth-order valence-electron chi connectivity index (χ4n) is 1.39. The van der Waals surface area contributed by atoms with E-state index in [9.17, 15) is 0 Å². The summed E-state index contributed by atoms with van der Waals surface area (Å²) in [5.74, 6) is 0. The molecule has 0 radical (unpaired) electrons. The highest BCUT2D eigenvalue weighted by Crippen LogP contribution is 2.09. The van der Waals surface area contributed by atoms with Crippen molar-refractivity contribution in [3.05, 3.63) is 32.7 Å². The second kappa shape index (κ2) is 6.08. The highest BCUT2D eigenvalue weighted by molar-refractivity contribution is 7.09. The molecule has 0 aliphatic rings. The van der Waals surface area contributed by atoms with E-state index in [1.807, 2.05) is 5.51 Å². The van der Waals surface area contributed by atoms with Crippen LogP contribution in [0.25, 0.3) is 0 Å². The second-order valence-corrected chi connectivity index (χ2v) is 5.15. The summed E-state index contributed by atoms with van der Waals surface area (Å²) in [6.07, 6.45) is 2.03. The molecule has 0 aliphatic heterocycles. The molecule has 0 saturated carbocycles. The number of hydrogen-bond acceptors (Lipinski definition) is 5. The zero-order chi connectivity index (χ0) is 11.2. The van der Waals surface area contributed by atoms with Crippen molar-refractivity contribution in [2.75, 3.05) is 6.54 Å². The van der Waals surface area contributed by atoms with Crippen molar-refractivity contribution >= 4 is 22.7 Å². The lowest BCUT2D eigenvalue weighted by Gasteiger charge is -2.00. The quantitative estimate of drug-likeness (QED) is 0.804. The minimum atomic E-state index is 0.862. The van der Waals surface area contributed by atoms with E-state index >= 15 is 0 Å². The summed E-state index contributed by atoms with van der Waals surface area (Å²) in [7, 11) is 0. The number of rotatable bonds is 6. The molecule has 5 heteroatoms. The molecule has 2 aromatic rings. The molecule has 2 aromatic heterocycles. The van der Waals surface area contributed by atoms with E-state index in [0.29, 0.717) is 0 Å². The molecule has 0 saturated heterocycles. The molecule has 0 bridgehead atoms. The van der Waals surface area contributed by atoms with Gasteiger partial charge in [-0.15, -0.1) is 22.7 Å². The molecule has 0 amide bonds. The molecule has 2 rings (SSSR count). The molecule has 1 N–H and O–H groups in total. The first-order valence-corrected chi connectivity index (χ1v) is 7.21. The van der Waals surface area contributed by atoms with Gasteiger partial charge in [0.25, 0.3) is 0 Å². The Labute approximate surface area is 104 Å². The van der Waals surface area contributed by atoms with Gasteiger partial charge < -0.3 is 5.32 Å². The van der Waals surface area contributed by atoms with Crippen LogP contribution in [0.3, 0.4) is 0 Å². The van der Waals surface area contributed by atoms with Crippen LogP contribution in [0.4, 0.5) is 0 Å². The van der Waals surface area contributed by atoms with Crippen molar-refractivity contribution < 1.29 is 0 Å². The SMILES string of the molecule is CCc1nc(CNCCc2cscn2)cs1. The molecular formula is C11H15N3S2. The summed E-state index contributed by atoms with van der Waals surface area (Å²) in [5, 5.41) is 8.84. The molecule has 0 aliphatic carbocycles. The lowest BCUT2D eigenvalue weighted by Crippen LogP contribution is -2.17. The van der Waals surface area contributed by atoms with Crippen molar-refractivity contribution in [1.29, 1.82) is 0 Å². The summed E-state index contributed by atoms with van der Waals surface area (Å²) in [6.45, 7) is 3.96. The normalized spacial score (nSPS) is 10.8. The Morgan fingerprint density at radius 2 is 2.25 bits per heavy atom. The largest absolute Gasteiger partial charge is 0.311 e. The molecule has 2 heterocycles. The van der Waals surface area contributed by atoms with Gasteiger partial charge in [-0.05, 0) is 6.42 Å². The number of thiazole rings is 2. The van der Waals surface area contributed by atoms with Gasteiger partial charge in [0.05, 0.1) is 21.9 Å². The zero-order valence-corrected chi connectivity index (χ0v) is 10.9. The van der Waals surface area contributed by atoms with E-state index in [1.165, 1.54) is 10.7 Å². The first-order chi connectivity index (χ1) is 7.88. The van der Waals surface area contributed by atoms with Crippen molar-refractivity contribution in [3.63, 3.8) is 0 Å². The number of hydrogen-bond donors (Lipinski definition) is 1. The number of aryl methyl sites for hydroxylation is 1. The Balaban J connectivity index is 1.68. The highest BCUT2D eigenvalue weighted by atomic mass is 32.1. The van der Waals surface area contributed by atoms with Crippen molar-refractivity contribution in [1.82, 2.24) is 15.3 Å². The average Bonchev–Trinajstić information content (AvgIpc) is 2.95. The van der Waals surface area contributed by atoms with Gasteiger partial charge in [0, 0.05) is 30.3 Å². The summed E-state index contributed by atoms with van der Waals surface area (Å²) in [5.41, 5.74) is 4.20. The molecule has 0 fully saturated rings. The Morgan fingerprint density at radius 3 is 2.94 bits per heavy atom. The van der Waals surface area contributed by atoms with Crippen LogP contribution >= 0.6 is 22.7 Å². The van der Waals surface area contributed by atoms with Gasteiger partial charge in [0.15, 0.2) is 0 Å².